The van der Waals surface area contributed by atoms with Crippen LogP contribution >= 0.6 is 0 Å². The van der Waals surface area contributed by atoms with Crippen LogP contribution in [0.15, 0.2) is 24.3 Å². The molecule has 1 heterocycles. The van der Waals surface area contributed by atoms with Crippen molar-refractivity contribution in [3.05, 3.63) is 29.8 Å². The Hall–Kier alpha value is -1.59. The Labute approximate surface area is 112 Å². The van der Waals surface area contributed by atoms with Crippen LogP contribution in [0.5, 0.6) is 5.75 Å². The van der Waals surface area contributed by atoms with Gasteiger partial charge in [0.1, 0.15) is 17.9 Å². The van der Waals surface area contributed by atoms with E-state index in [-0.39, 0.29) is 5.56 Å². The molecule has 104 valence electrons. The normalized spacial score (nSPS) is 19.5. The van der Waals surface area contributed by atoms with Gasteiger partial charge in [0, 0.05) is 26.7 Å². The van der Waals surface area contributed by atoms with Crippen LogP contribution in [-0.2, 0) is 4.74 Å². The van der Waals surface area contributed by atoms with Gasteiger partial charge in [-0.25, -0.2) is 4.79 Å². The van der Waals surface area contributed by atoms with E-state index in [0.29, 0.717) is 18.5 Å². The number of rotatable bonds is 6. The lowest BCUT2D eigenvalue weighted by Crippen LogP contribution is -2.27. The second kappa shape index (κ2) is 6.54. The van der Waals surface area contributed by atoms with E-state index in [0.717, 1.165) is 26.1 Å². The second-order valence-electron chi connectivity index (χ2n) is 4.60. The number of hydrogen-bond donors (Lipinski definition) is 1. The van der Waals surface area contributed by atoms with Gasteiger partial charge in [-0.3, -0.25) is 4.90 Å². The fraction of sp³-hybridized carbons (Fsp3) is 0.500. The van der Waals surface area contributed by atoms with Crippen molar-refractivity contribution in [1.82, 2.24) is 4.90 Å². The van der Waals surface area contributed by atoms with E-state index < -0.39 is 5.97 Å². The highest BCUT2D eigenvalue weighted by molar-refractivity contribution is 5.90. The molecule has 0 radical (unpaired) electrons. The highest BCUT2D eigenvalue weighted by Gasteiger charge is 2.21. The molecule has 1 aromatic rings. The van der Waals surface area contributed by atoms with Gasteiger partial charge in [0.15, 0.2) is 0 Å². The van der Waals surface area contributed by atoms with Crippen LogP contribution in [0.2, 0.25) is 0 Å². The van der Waals surface area contributed by atoms with Crippen molar-refractivity contribution in [1.29, 1.82) is 0 Å². The molecule has 1 aliphatic rings. The summed E-state index contributed by atoms with van der Waals surface area (Å²) in [6.07, 6.45) is 1.36. The number of carboxylic acid groups (broad SMARTS) is 1. The van der Waals surface area contributed by atoms with Crippen molar-refractivity contribution < 1.29 is 19.4 Å². The Morgan fingerprint density at radius 3 is 2.95 bits per heavy atom. The maximum atomic E-state index is 11.0. The number of benzene rings is 1. The van der Waals surface area contributed by atoms with E-state index in [1.165, 1.54) is 0 Å². The summed E-state index contributed by atoms with van der Waals surface area (Å²) in [5.74, 6) is -0.534. The Morgan fingerprint density at radius 2 is 2.26 bits per heavy atom. The smallest absolute Gasteiger partial charge is 0.339 e. The van der Waals surface area contributed by atoms with Crippen LogP contribution in [0.1, 0.15) is 16.8 Å². The van der Waals surface area contributed by atoms with E-state index in [9.17, 15) is 4.79 Å². The molecule has 1 saturated heterocycles. The fourth-order valence-corrected chi connectivity index (χ4v) is 2.25. The summed E-state index contributed by atoms with van der Waals surface area (Å²) in [7, 11) is 1.73. The average Bonchev–Trinajstić information content (AvgIpc) is 2.87. The van der Waals surface area contributed by atoms with Crippen LogP contribution < -0.4 is 4.74 Å². The molecule has 2 rings (SSSR count). The minimum Gasteiger partial charge on any atom is -0.491 e. The zero-order valence-electron chi connectivity index (χ0n) is 11.0. The standard InChI is InChI=1S/C14H19NO4/c1-18-11-6-7-15(10-11)8-9-19-13-5-3-2-4-12(13)14(16)17/h2-5,11H,6-10H2,1H3,(H,16,17). The van der Waals surface area contributed by atoms with Gasteiger partial charge in [-0.1, -0.05) is 12.1 Å². The molecule has 1 N–H and O–H groups in total. The first-order valence-corrected chi connectivity index (χ1v) is 6.41. The van der Waals surface area contributed by atoms with Gasteiger partial charge < -0.3 is 14.6 Å². The third-order valence-electron chi connectivity index (χ3n) is 3.35. The van der Waals surface area contributed by atoms with Crippen molar-refractivity contribution in [2.24, 2.45) is 0 Å². The third kappa shape index (κ3) is 3.68. The highest BCUT2D eigenvalue weighted by Crippen LogP contribution is 2.18. The Bertz CT molecular complexity index is 435. The summed E-state index contributed by atoms with van der Waals surface area (Å²) >= 11 is 0. The molecule has 1 unspecified atom stereocenters. The van der Waals surface area contributed by atoms with Crippen molar-refractivity contribution in [3.8, 4) is 5.75 Å². The second-order valence-corrected chi connectivity index (χ2v) is 4.60. The van der Waals surface area contributed by atoms with E-state index >= 15 is 0 Å². The largest absolute Gasteiger partial charge is 0.491 e. The molecule has 1 aromatic carbocycles. The van der Waals surface area contributed by atoms with Gasteiger partial charge in [0.25, 0.3) is 0 Å². The molecule has 1 fully saturated rings. The molecule has 5 nitrogen and oxygen atoms in total. The topological polar surface area (TPSA) is 59.0 Å². The predicted molar refractivity (Wildman–Crippen MR) is 70.8 cm³/mol. The number of likely N-dealkylation sites (tertiary alicyclic amines) is 1. The number of carboxylic acids is 1. The first-order valence-electron chi connectivity index (χ1n) is 6.41. The number of ether oxygens (including phenoxy) is 2. The van der Waals surface area contributed by atoms with E-state index in [1.807, 2.05) is 0 Å². The molecule has 1 aliphatic heterocycles. The monoisotopic (exact) mass is 265 g/mol. The Balaban J connectivity index is 1.82. The summed E-state index contributed by atoms with van der Waals surface area (Å²) in [6, 6.07) is 6.71. The molecule has 0 saturated carbocycles. The number of aromatic carboxylic acids is 1. The minimum absolute atomic E-state index is 0.207. The SMILES string of the molecule is COC1CCN(CCOc2ccccc2C(=O)O)C1. The highest BCUT2D eigenvalue weighted by atomic mass is 16.5. The fourth-order valence-electron chi connectivity index (χ4n) is 2.25. The van der Waals surface area contributed by atoms with Crippen LogP contribution in [0.3, 0.4) is 0 Å². The predicted octanol–water partition coefficient (Wildman–Crippen LogP) is 1.48. The first kappa shape index (κ1) is 13.8. The van der Waals surface area contributed by atoms with Crippen molar-refractivity contribution in [2.75, 3.05) is 33.4 Å². The van der Waals surface area contributed by atoms with Crippen LogP contribution in [0.25, 0.3) is 0 Å². The van der Waals surface area contributed by atoms with E-state index in [2.05, 4.69) is 4.90 Å². The lowest BCUT2D eigenvalue weighted by molar-refractivity contribution is 0.0691. The van der Waals surface area contributed by atoms with Gasteiger partial charge in [-0.2, -0.15) is 0 Å². The van der Waals surface area contributed by atoms with Crippen molar-refractivity contribution in [2.45, 2.75) is 12.5 Å². The molecule has 0 amide bonds. The van der Waals surface area contributed by atoms with E-state index in [4.69, 9.17) is 14.6 Å². The molecule has 0 bridgehead atoms. The first-order chi connectivity index (χ1) is 9.20. The maximum Gasteiger partial charge on any atom is 0.339 e. The van der Waals surface area contributed by atoms with Gasteiger partial charge >= 0.3 is 5.97 Å². The zero-order chi connectivity index (χ0) is 13.7. The van der Waals surface area contributed by atoms with Crippen molar-refractivity contribution >= 4 is 5.97 Å². The maximum absolute atomic E-state index is 11.0. The van der Waals surface area contributed by atoms with Gasteiger partial charge in [0.2, 0.25) is 0 Å². The molecule has 0 aliphatic carbocycles. The molecule has 0 spiro atoms. The molecule has 1 atom stereocenters. The quantitative estimate of drug-likeness (QED) is 0.844. The number of carbonyl (C=O) groups is 1. The molecule has 0 aromatic heterocycles. The molecular weight excluding hydrogens is 246 g/mol. The lowest BCUT2D eigenvalue weighted by Gasteiger charge is -2.16. The molecular formula is C14H19NO4. The van der Waals surface area contributed by atoms with Gasteiger partial charge in [0.05, 0.1) is 6.10 Å². The summed E-state index contributed by atoms with van der Waals surface area (Å²) in [5.41, 5.74) is 0.207. The van der Waals surface area contributed by atoms with Crippen LogP contribution in [0, 0.1) is 0 Å². The summed E-state index contributed by atoms with van der Waals surface area (Å²) < 4.78 is 10.9. The number of methoxy groups -OCH3 is 1. The van der Waals surface area contributed by atoms with Gasteiger partial charge in [-0.05, 0) is 18.6 Å². The van der Waals surface area contributed by atoms with Crippen molar-refractivity contribution in [3.63, 3.8) is 0 Å². The molecule has 5 heteroatoms. The third-order valence-corrected chi connectivity index (χ3v) is 3.35. The Morgan fingerprint density at radius 1 is 1.47 bits per heavy atom. The number of hydrogen-bond acceptors (Lipinski definition) is 4. The summed E-state index contributed by atoms with van der Waals surface area (Å²) in [5, 5.41) is 9.04. The molecule has 19 heavy (non-hydrogen) atoms. The van der Waals surface area contributed by atoms with E-state index in [1.54, 1.807) is 31.4 Å². The minimum atomic E-state index is -0.962. The van der Waals surface area contributed by atoms with Crippen LogP contribution in [-0.4, -0.2) is 55.4 Å². The lowest BCUT2D eigenvalue weighted by atomic mass is 10.2. The summed E-state index contributed by atoms with van der Waals surface area (Å²) in [6.45, 7) is 3.19. The van der Waals surface area contributed by atoms with Crippen LogP contribution in [0.4, 0.5) is 0 Å². The Kier molecular flexibility index (Phi) is 4.76. The average molecular weight is 265 g/mol. The summed E-state index contributed by atoms with van der Waals surface area (Å²) in [4.78, 5) is 13.3. The number of para-hydroxylation sites is 1. The van der Waals surface area contributed by atoms with Gasteiger partial charge in [-0.15, -0.1) is 0 Å². The zero-order valence-corrected chi connectivity index (χ0v) is 11.0. The number of nitrogens with zero attached hydrogens (tertiary/aromatic N) is 1.